The van der Waals surface area contributed by atoms with Crippen LogP contribution in [0.4, 0.5) is 0 Å². The Balaban J connectivity index is 0.000000208. The Morgan fingerprint density at radius 2 is 1.87 bits per heavy atom. The number of aromatic amines is 1. The van der Waals surface area contributed by atoms with E-state index in [9.17, 15) is 0 Å². The Morgan fingerprint density at radius 3 is 2.61 bits per heavy atom. The number of fused-ring (bicyclic) bond motifs is 4. The summed E-state index contributed by atoms with van der Waals surface area (Å²) in [7, 11) is 2.01. The van der Waals surface area contributed by atoms with Gasteiger partial charge < -0.3 is 26.6 Å². The van der Waals surface area contributed by atoms with Crippen molar-refractivity contribution in [2.24, 2.45) is 5.73 Å². The van der Waals surface area contributed by atoms with Gasteiger partial charge in [-0.3, -0.25) is 4.98 Å². The summed E-state index contributed by atoms with van der Waals surface area (Å²) >= 11 is 0. The molecule has 1 unspecified atom stereocenters. The van der Waals surface area contributed by atoms with E-state index in [0.29, 0.717) is 5.70 Å². The highest BCUT2D eigenvalue weighted by Crippen LogP contribution is 2.47. The smallest absolute Gasteiger partial charge is 0.139 e. The zero-order chi connectivity index (χ0) is 27.1. The fraction of sp³-hybridized carbons (Fsp3) is 0.194. The summed E-state index contributed by atoms with van der Waals surface area (Å²) in [5.74, 6) is 0.890. The van der Waals surface area contributed by atoms with E-state index < -0.39 is 0 Å². The highest BCUT2D eigenvalue weighted by molar-refractivity contribution is 5.91. The first kappa shape index (κ1) is 26.7. The Bertz CT molecular complexity index is 1500. The monoisotopic (exact) mass is 506 g/mol. The number of rotatable bonds is 7. The van der Waals surface area contributed by atoms with Crippen molar-refractivity contribution in [3.8, 4) is 22.5 Å². The van der Waals surface area contributed by atoms with Gasteiger partial charge in [0.1, 0.15) is 5.82 Å². The maximum Gasteiger partial charge on any atom is 0.139 e. The van der Waals surface area contributed by atoms with Crippen LogP contribution in [0.15, 0.2) is 96.0 Å². The predicted molar refractivity (Wildman–Crippen MR) is 156 cm³/mol. The third kappa shape index (κ3) is 5.64. The second-order valence-corrected chi connectivity index (χ2v) is 9.19. The normalized spacial score (nSPS) is 15.1. The molecule has 2 aromatic heterocycles. The molecule has 0 aliphatic heterocycles. The van der Waals surface area contributed by atoms with Gasteiger partial charge in [0.2, 0.25) is 0 Å². The van der Waals surface area contributed by atoms with Crippen molar-refractivity contribution in [3.05, 3.63) is 107 Å². The van der Waals surface area contributed by atoms with Crippen LogP contribution in [0.5, 0.6) is 0 Å². The van der Waals surface area contributed by atoms with Crippen molar-refractivity contribution < 1.29 is 5.11 Å². The van der Waals surface area contributed by atoms with E-state index in [0.717, 1.165) is 40.0 Å². The molecule has 7 nitrogen and oxygen atoms in total. The minimum atomic E-state index is 0.0959. The molecule has 0 saturated carbocycles. The van der Waals surface area contributed by atoms with Gasteiger partial charge in [0.15, 0.2) is 0 Å². The Morgan fingerprint density at radius 1 is 1.11 bits per heavy atom. The van der Waals surface area contributed by atoms with Crippen LogP contribution in [0, 0.1) is 5.41 Å². The first-order chi connectivity index (χ1) is 18.5. The van der Waals surface area contributed by atoms with E-state index in [1.807, 2.05) is 38.4 Å². The van der Waals surface area contributed by atoms with Gasteiger partial charge in [-0.05, 0) is 67.3 Å². The maximum absolute atomic E-state index is 8.71. The summed E-state index contributed by atoms with van der Waals surface area (Å²) in [5.41, 5.74) is 16.1. The number of H-pyrrole nitrogens is 1. The molecule has 194 valence electrons. The lowest BCUT2D eigenvalue weighted by Crippen LogP contribution is -2.14. The number of aromatic nitrogens is 3. The van der Waals surface area contributed by atoms with Gasteiger partial charge >= 0.3 is 0 Å². The number of nitrogens with one attached hydrogen (secondary N) is 3. The lowest BCUT2D eigenvalue weighted by molar-refractivity contribution is 0.331. The van der Waals surface area contributed by atoms with E-state index in [1.165, 1.54) is 28.5 Å². The fourth-order valence-electron chi connectivity index (χ4n) is 4.49. The van der Waals surface area contributed by atoms with Crippen molar-refractivity contribution in [1.29, 1.82) is 5.41 Å². The number of aliphatic hydroxyl groups excluding tert-OH is 1. The number of nitrogens with zero attached hydrogens (tertiary/aromatic N) is 2. The summed E-state index contributed by atoms with van der Waals surface area (Å²) in [6.07, 6.45) is 11.2. The van der Waals surface area contributed by atoms with Crippen molar-refractivity contribution >= 4 is 17.2 Å². The largest absolute Gasteiger partial charge is 0.398 e. The quantitative estimate of drug-likeness (QED) is 0.126. The summed E-state index contributed by atoms with van der Waals surface area (Å²) < 4.78 is 0. The molecule has 6 N–H and O–H groups in total. The highest BCUT2D eigenvalue weighted by Gasteiger charge is 2.30. The molecule has 2 heterocycles. The molecular formula is C31H34N6O. The van der Waals surface area contributed by atoms with E-state index in [1.54, 1.807) is 19.2 Å². The number of nitrogens with two attached hydrogens (primary N) is 1. The van der Waals surface area contributed by atoms with Gasteiger partial charge in [0.25, 0.3) is 0 Å². The molecule has 38 heavy (non-hydrogen) atoms. The highest BCUT2D eigenvalue weighted by atomic mass is 16.3. The molecule has 2 aromatic carbocycles. The van der Waals surface area contributed by atoms with Crippen LogP contribution in [-0.4, -0.2) is 39.9 Å². The van der Waals surface area contributed by atoms with Crippen molar-refractivity contribution in [2.75, 3.05) is 13.7 Å². The third-order valence-electron chi connectivity index (χ3n) is 6.60. The Kier molecular flexibility index (Phi) is 8.63. The topological polar surface area (TPSA) is 124 Å². The van der Waals surface area contributed by atoms with Crippen molar-refractivity contribution in [1.82, 2.24) is 20.3 Å². The van der Waals surface area contributed by atoms with Crippen LogP contribution < -0.4 is 11.1 Å². The molecule has 0 fully saturated rings. The van der Waals surface area contributed by atoms with E-state index >= 15 is 0 Å². The van der Waals surface area contributed by atoms with Crippen LogP contribution in [0.25, 0.3) is 33.5 Å². The lowest BCUT2D eigenvalue weighted by Gasteiger charge is -2.12. The second kappa shape index (κ2) is 12.3. The number of hydrogen-bond acceptors (Lipinski definition) is 6. The maximum atomic E-state index is 8.71. The average Bonchev–Trinajstić information content (AvgIpc) is 3.54. The molecule has 0 saturated heterocycles. The number of allylic oxidation sites excluding steroid dienone is 4. The number of aliphatic hydroxyl groups is 1. The Hall–Kier alpha value is -4.33. The van der Waals surface area contributed by atoms with Crippen molar-refractivity contribution in [3.63, 3.8) is 0 Å². The molecule has 4 aromatic rings. The van der Waals surface area contributed by atoms with Gasteiger partial charge in [-0.1, -0.05) is 60.2 Å². The molecule has 1 aliphatic rings. The molecule has 1 aliphatic carbocycles. The first-order valence-electron chi connectivity index (χ1n) is 12.6. The van der Waals surface area contributed by atoms with Crippen LogP contribution in [0.3, 0.4) is 0 Å². The van der Waals surface area contributed by atoms with Gasteiger partial charge in [-0.25, -0.2) is 4.98 Å². The summed E-state index contributed by atoms with van der Waals surface area (Å²) in [6.45, 7) is 3.76. The van der Waals surface area contributed by atoms with Crippen LogP contribution in [-0.2, 0) is 0 Å². The minimum Gasteiger partial charge on any atom is -0.398 e. The van der Waals surface area contributed by atoms with Gasteiger partial charge in [0, 0.05) is 23.7 Å². The summed E-state index contributed by atoms with van der Waals surface area (Å²) in [5, 5.41) is 19.1. The zero-order valence-corrected chi connectivity index (χ0v) is 22.0. The van der Waals surface area contributed by atoms with E-state index in [4.69, 9.17) is 21.2 Å². The van der Waals surface area contributed by atoms with E-state index in [-0.39, 0.29) is 12.6 Å². The van der Waals surface area contributed by atoms with Crippen molar-refractivity contribution in [2.45, 2.75) is 26.3 Å². The number of imidazole rings is 1. The van der Waals surface area contributed by atoms with E-state index in [2.05, 4.69) is 57.7 Å². The molecule has 0 spiro atoms. The summed E-state index contributed by atoms with van der Waals surface area (Å²) in [6, 6.07) is 17.2. The summed E-state index contributed by atoms with van der Waals surface area (Å²) in [4.78, 5) is 12.4. The number of hydrogen-bond donors (Lipinski definition) is 5. The minimum absolute atomic E-state index is 0.0959. The molecule has 0 radical (unpaired) electrons. The SMILES string of the molecule is C/C(C=N)=C(/N)C=CC/C=C(\C)CO.CNC1c2ccccc2-c2c(-c3nc4ccncc4[nH]3)cccc21. The first-order valence-corrected chi connectivity index (χ1v) is 12.6. The van der Waals surface area contributed by atoms with Crippen LogP contribution >= 0.6 is 0 Å². The Labute approximate surface area is 223 Å². The number of benzene rings is 2. The molecule has 5 rings (SSSR count). The fourth-order valence-corrected chi connectivity index (χ4v) is 4.49. The third-order valence-corrected chi connectivity index (χ3v) is 6.60. The van der Waals surface area contributed by atoms with Crippen LogP contribution in [0.2, 0.25) is 0 Å². The number of pyridine rings is 1. The average molecular weight is 507 g/mol. The van der Waals surface area contributed by atoms with Crippen LogP contribution in [0.1, 0.15) is 37.4 Å². The lowest BCUT2D eigenvalue weighted by atomic mass is 9.99. The molecule has 0 amide bonds. The van der Waals surface area contributed by atoms with Gasteiger partial charge in [-0.2, -0.15) is 0 Å². The predicted octanol–water partition coefficient (Wildman–Crippen LogP) is 5.67. The molecule has 0 bridgehead atoms. The van der Waals surface area contributed by atoms with Gasteiger partial charge in [-0.15, -0.1) is 0 Å². The molecule has 1 atom stereocenters. The standard InChI is InChI=1S/C20H16N4.C11H18N2O/c1-21-19-13-6-3-2-5-12(13)18-14(19)7-4-8-15(18)20-23-16-9-10-22-11-17(16)24-20;1-9(8-14)5-3-4-6-11(13)10(2)7-12/h2-11,19,21H,1H3,(H,23,24);4-7,12,14H,3,8,13H2,1-2H3/b;6-4?,9-5+,11-10-,12-7?. The molecular weight excluding hydrogens is 472 g/mol. The van der Waals surface area contributed by atoms with Gasteiger partial charge in [0.05, 0.1) is 29.9 Å². The zero-order valence-electron chi connectivity index (χ0n) is 22.0. The second-order valence-electron chi connectivity index (χ2n) is 9.19. The molecule has 7 heteroatoms.